The number of hydrogen-bond acceptors (Lipinski definition) is 4. The van der Waals surface area contributed by atoms with E-state index in [0.717, 1.165) is 0 Å². The van der Waals surface area contributed by atoms with Gasteiger partial charge in [-0.25, -0.2) is 0 Å². The van der Waals surface area contributed by atoms with Crippen molar-refractivity contribution in [1.82, 2.24) is 0 Å². The van der Waals surface area contributed by atoms with Crippen LogP contribution in [-0.4, -0.2) is 10.4 Å². The summed E-state index contributed by atoms with van der Waals surface area (Å²) in [4.78, 5) is 19.7. The van der Waals surface area contributed by atoms with Crippen LogP contribution in [0, 0.1) is 0 Å². The summed E-state index contributed by atoms with van der Waals surface area (Å²) >= 11 is 15.7. The highest BCUT2D eigenvalue weighted by atomic mass is 35.6. The quantitative estimate of drug-likeness (QED) is 0.535. The van der Waals surface area contributed by atoms with Crippen molar-refractivity contribution in [2.75, 3.05) is 6.61 Å². The van der Waals surface area contributed by atoms with Crippen LogP contribution in [-0.2, 0) is 9.09 Å². The van der Waals surface area contributed by atoms with Crippen molar-refractivity contribution in [2.45, 2.75) is 10.2 Å². The number of alkyl halides is 3. The van der Waals surface area contributed by atoms with Gasteiger partial charge in [-0.1, -0.05) is 34.8 Å². The number of rotatable bonds is 3. The number of phosphoric ester groups is 1. The second-order valence-electron chi connectivity index (χ2n) is 1.65. The van der Waals surface area contributed by atoms with Crippen LogP contribution in [0.4, 0.5) is 0 Å². The van der Waals surface area contributed by atoms with Crippen molar-refractivity contribution >= 4 is 42.6 Å². The minimum atomic E-state index is -4.93. The Morgan fingerprint density at radius 3 is 2.09 bits per heavy atom. The summed E-state index contributed by atoms with van der Waals surface area (Å²) in [5, 5.41) is 0. The number of phosphoric acid groups is 1. The van der Waals surface area contributed by atoms with Gasteiger partial charge in [0.15, 0.2) is 3.79 Å². The van der Waals surface area contributed by atoms with Gasteiger partial charge in [0, 0.05) is 6.42 Å². The average molecular weight is 241 g/mol. The fourth-order valence-corrected chi connectivity index (χ4v) is 0.820. The molecule has 8 heteroatoms. The number of hydrogen-bond donors (Lipinski definition) is 0. The Balaban J connectivity index is 3.52. The van der Waals surface area contributed by atoms with E-state index >= 15 is 0 Å². The van der Waals surface area contributed by atoms with E-state index in [1.807, 2.05) is 0 Å². The smallest absolute Gasteiger partial charge is 0.192 e. The molecule has 0 atom stereocenters. The third-order valence-corrected chi connectivity index (χ3v) is 1.70. The first-order valence-electron chi connectivity index (χ1n) is 2.44. The average Bonchev–Trinajstić information content (AvgIpc) is 1.55. The van der Waals surface area contributed by atoms with E-state index in [9.17, 15) is 14.4 Å². The van der Waals surface area contributed by atoms with E-state index in [1.165, 1.54) is 0 Å². The summed E-state index contributed by atoms with van der Waals surface area (Å²) in [6.45, 7) is -0.416. The molecule has 0 spiro atoms. The van der Waals surface area contributed by atoms with Gasteiger partial charge in [0.25, 0.3) is 0 Å². The monoisotopic (exact) mass is 240 g/mol. The highest BCUT2D eigenvalue weighted by Gasteiger charge is 2.18. The summed E-state index contributed by atoms with van der Waals surface area (Å²) in [5.41, 5.74) is 0. The molecule has 0 aromatic carbocycles. The van der Waals surface area contributed by atoms with Crippen LogP contribution in [0.2, 0.25) is 0 Å². The molecule has 0 aromatic heterocycles. The van der Waals surface area contributed by atoms with Gasteiger partial charge in [-0.15, -0.1) is 0 Å². The highest BCUT2D eigenvalue weighted by Crippen LogP contribution is 2.32. The standard InChI is InChI=1S/C3H6Cl3O4P/c4-3(5,6)1-2-10-11(7,8)9/h1-2H2,(H2,7,8,9)/p-2. The van der Waals surface area contributed by atoms with Gasteiger partial charge in [0.05, 0.1) is 14.4 Å². The Morgan fingerprint density at radius 1 is 1.36 bits per heavy atom. The van der Waals surface area contributed by atoms with Crippen molar-refractivity contribution in [3.63, 3.8) is 0 Å². The lowest BCUT2D eigenvalue weighted by molar-refractivity contribution is -0.341. The van der Waals surface area contributed by atoms with E-state index in [4.69, 9.17) is 34.8 Å². The lowest BCUT2D eigenvalue weighted by atomic mass is 10.5. The Hall–Kier alpha value is 0.980. The van der Waals surface area contributed by atoms with Crippen LogP contribution in [0.3, 0.4) is 0 Å². The van der Waals surface area contributed by atoms with Gasteiger partial charge >= 0.3 is 0 Å². The summed E-state index contributed by atoms with van der Waals surface area (Å²) in [7, 11) is -4.93. The lowest BCUT2D eigenvalue weighted by Crippen LogP contribution is -2.18. The number of halogens is 3. The molecule has 0 aliphatic carbocycles. The SMILES string of the molecule is O=P([O-])([O-])OCCC(Cl)(Cl)Cl. The van der Waals surface area contributed by atoms with Crippen molar-refractivity contribution < 1.29 is 18.9 Å². The van der Waals surface area contributed by atoms with E-state index in [0.29, 0.717) is 0 Å². The molecule has 68 valence electrons. The van der Waals surface area contributed by atoms with Gasteiger partial charge in [-0.3, -0.25) is 0 Å². The molecule has 0 amide bonds. The molecule has 4 nitrogen and oxygen atoms in total. The Labute approximate surface area is 78.6 Å². The molecule has 0 aromatic rings. The van der Waals surface area contributed by atoms with E-state index < -0.39 is 18.2 Å². The van der Waals surface area contributed by atoms with Crippen LogP contribution in [0.5, 0.6) is 0 Å². The topological polar surface area (TPSA) is 72.4 Å². The van der Waals surface area contributed by atoms with Crippen LogP contribution in [0.15, 0.2) is 0 Å². The maximum Gasteiger partial charge on any atom is 0.192 e. The summed E-state index contributed by atoms with van der Waals surface area (Å²) < 4.78 is 12.0. The minimum absolute atomic E-state index is 0.147. The fourth-order valence-electron chi connectivity index (χ4n) is 0.273. The van der Waals surface area contributed by atoms with Crippen LogP contribution in [0.1, 0.15) is 6.42 Å². The fraction of sp³-hybridized carbons (Fsp3) is 1.00. The summed E-state index contributed by atoms with van der Waals surface area (Å²) in [6.07, 6.45) is -0.147. The molecular weight excluding hydrogens is 237 g/mol. The maximum atomic E-state index is 9.84. The molecule has 0 heterocycles. The molecule has 0 N–H and O–H groups in total. The van der Waals surface area contributed by atoms with E-state index in [2.05, 4.69) is 4.52 Å². The van der Waals surface area contributed by atoms with Gasteiger partial charge in [-0.05, 0) is 0 Å². The molecule has 11 heavy (non-hydrogen) atoms. The molecule has 0 aliphatic rings. The molecule has 0 bridgehead atoms. The second kappa shape index (κ2) is 4.28. The van der Waals surface area contributed by atoms with Crippen molar-refractivity contribution in [3.8, 4) is 0 Å². The highest BCUT2D eigenvalue weighted by molar-refractivity contribution is 7.43. The Bertz CT molecular complexity index is 160. The van der Waals surface area contributed by atoms with Crippen molar-refractivity contribution in [1.29, 1.82) is 0 Å². The lowest BCUT2D eigenvalue weighted by Gasteiger charge is -2.29. The summed E-state index contributed by atoms with van der Waals surface area (Å²) in [5.74, 6) is 0. The molecule has 0 radical (unpaired) electrons. The molecule has 0 aliphatic heterocycles. The molecule has 0 rings (SSSR count). The van der Waals surface area contributed by atoms with E-state index in [1.54, 1.807) is 0 Å². The summed E-state index contributed by atoms with van der Waals surface area (Å²) in [6, 6.07) is 0. The normalized spacial score (nSPS) is 13.5. The van der Waals surface area contributed by atoms with Crippen LogP contribution >= 0.6 is 42.6 Å². The Kier molecular flexibility index (Phi) is 4.66. The van der Waals surface area contributed by atoms with Crippen molar-refractivity contribution in [2.24, 2.45) is 0 Å². The molecular formula is C3H4Cl3O4P-2. The van der Waals surface area contributed by atoms with Crippen molar-refractivity contribution in [3.05, 3.63) is 0 Å². The third kappa shape index (κ3) is 11.0. The van der Waals surface area contributed by atoms with E-state index in [-0.39, 0.29) is 6.42 Å². The zero-order chi connectivity index (χ0) is 9.12. The van der Waals surface area contributed by atoms with Crippen LogP contribution in [0.25, 0.3) is 0 Å². The predicted molar refractivity (Wildman–Crippen MR) is 38.5 cm³/mol. The largest absolute Gasteiger partial charge is 0.790 e. The molecule has 0 saturated carbocycles. The Morgan fingerprint density at radius 2 is 1.82 bits per heavy atom. The minimum Gasteiger partial charge on any atom is -0.790 e. The van der Waals surface area contributed by atoms with Gasteiger partial charge in [0.2, 0.25) is 0 Å². The van der Waals surface area contributed by atoms with Gasteiger partial charge in [0.1, 0.15) is 0 Å². The zero-order valence-electron chi connectivity index (χ0n) is 5.13. The molecule has 0 unspecified atom stereocenters. The zero-order valence-corrected chi connectivity index (χ0v) is 8.29. The first kappa shape index (κ1) is 12.0. The second-order valence-corrected chi connectivity index (χ2v) is 5.31. The third-order valence-electron chi connectivity index (χ3n) is 0.635. The van der Waals surface area contributed by atoms with Gasteiger partial charge < -0.3 is 18.9 Å². The van der Waals surface area contributed by atoms with Crippen LogP contribution < -0.4 is 9.79 Å². The van der Waals surface area contributed by atoms with Gasteiger partial charge in [-0.2, -0.15) is 0 Å². The molecule has 0 fully saturated rings. The predicted octanol–water partition coefficient (Wildman–Crippen LogP) is 0.592. The first-order valence-corrected chi connectivity index (χ1v) is 5.03. The first-order chi connectivity index (χ1) is 4.71. The molecule has 0 saturated heterocycles. The maximum absolute atomic E-state index is 9.84.